The second-order valence-electron chi connectivity index (χ2n) is 15.5. The Hall–Kier alpha value is -6.45. The minimum atomic E-state index is -0.425. The Kier molecular flexibility index (Phi) is 7.32. The maximum Gasteiger partial charge on any atom is 0.110 e. The van der Waals surface area contributed by atoms with E-state index in [9.17, 15) is 0 Å². The van der Waals surface area contributed by atoms with Gasteiger partial charge in [0.05, 0.1) is 28.2 Å². The van der Waals surface area contributed by atoms with E-state index in [1.165, 1.54) is 66.4 Å². The second kappa shape index (κ2) is 12.6. The zero-order valence-electron chi connectivity index (χ0n) is 30.9. The lowest BCUT2D eigenvalue weighted by molar-refractivity contribution is 0.419. The lowest BCUT2D eigenvalue weighted by Crippen LogP contribution is -2.36. The Bertz CT molecular complexity index is 2700. The largest absolute Gasteiger partial charge is 0.344 e. The minimum absolute atomic E-state index is 0.260. The number of hydrogen-bond donors (Lipinski definition) is 0. The third kappa shape index (κ3) is 4.66. The van der Waals surface area contributed by atoms with Crippen molar-refractivity contribution in [3.05, 3.63) is 215 Å². The Morgan fingerprint density at radius 1 is 0.636 bits per heavy atom. The average molecular weight is 708 g/mol. The molecular weight excluding hydrogens is 667 g/mol. The van der Waals surface area contributed by atoms with Crippen molar-refractivity contribution >= 4 is 33.7 Å². The molecule has 3 atom stereocenters. The molecule has 3 heteroatoms. The highest BCUT2D eigenvalue weighted by molar-refractivity contribution is 6.09. The predicted octanol–water partition coefficient (Wildman–Crippen LogP) is 12.1. The molecule has 55 heavy (non-hydrogen) atoms. The van der Waals surface area contributed by atoms with Gasteiger partial charge in [0.2, 0.25) is 0 Å². The quantitative estimate of drug-likeness (QED) is 0.124. The summed E-state index contributed by atoms with van der Waals surface area (Å²) in [6, 6.07) is 62.8. The van der Waals surface area contributed by atoms with E-state index in [2.05, 4.69) is 205 Å². The van der Waals surface area contributed by atoms with Gasteiger partial charge in [-0.2, -0.15) is 0 Å². The van der Waals surface area contributed by atoms with Crippen molar-refractivity contribution in [3.63, 3.8) is 0 Å². The first-order valence-corrected chi connectivity index (χ1v) is 19.6. The highest BCUT2D eigenvalue weighted by Gasteiger charge is 2.51. The molecule has 0 bridgehead atoms. The fourth-order valence-electron chi connectivity index (χ4n) is 10.4. The average Bonchev–Trinajstić information content (AvgIpc) is 3.87. The van der Waals surface area contributed by atoms with E-state index in [1.54, 1.807) is 0 Å². The minimum Gasteiger partial charge on any atom is -0.344 e. The number of nitrogens with zero attached hydrogens (tertiary/aromatic N) is 3. The first kappa shape index (κ1) is 32.0. The van der Waals surface area contributed by atoms with Crippen LogP contribution in [0.4, 0.5) is 5.69 Å². The highest BCUT2D eigenvalue weighted by Crippen LogP contribution is 2.62. The van der Waals surface area contributed by atoms with Gasteiger partial charge in [-0.3, -0.25) is 4.99 Å². The predicted molar refractivity (Wildman–Crippen MR) is 229 cm³/mol. The molecule has 3 aliphatic rings. The molecule has 0 saturated heterocycles. The first-order valence-electron chi connectivity index (χ1n) is 19.6. The number of aromatic nitrogens is 1. The first-order chi connectivity index (χ1) is 27.2. The Morgan fingerprint density at radius 2 is 1.25 bits per heavy atom. The van der Waals surface area contributed by atoms with Crippen LogP contribution >= 0.6 is 0 Å². The van der Waals surface area contributed by atoms with Gasteiger partial charge in [-0.15, -0.1) is 0 Å². The molecule has 0 fully saturated rings. The van der Waals surface area contributed by atoms with Crippen molar-refractivity contribution in [2.24, 2.45) is 10.9 Å². The summed E-state index contributed by atoms with van der Waals surface area (Å²) in [4.78, 5) is 7.83. The summed E-state index contributed by atoms with van der Waals surface area (Å²) in [7, 11) is 0. The molecule has 1 aromatic heterocycles. The van der Waals surface area contributed by atoms with Crippen molar-refractivity contribution in [3.8, 4) is 16.8 Å². The maximum atomic E-state index is 5.23. The third-order valence-electron chi connectivity index (χ3n) is 12.7. The van der Waals surface area contributed by atoms with E-state index >= 15 is 0 Å². The molecule has 11 rings (SSSR count). The van der Waals surface area contributed by atoms with Gasteiger partial charge in [0.15, 0.2) is 0 Å². The van der Waals surface area contributed by atoms with Crippen molar-refractivity contribution in [2.75, 3.05) is 11.6 Å². The summed E-state index contributed by atoms with van der Waals surface area (Å²) in [5.41, 5.74) is 15.1. The van der Waals surface area contributed by atoms with Crippen LogP contribution in [0.2, 0.25) is 0 Å². The Balaban J connectivity index is 1.02. The Labute approximate surface area is 322 Å². The van der Waals surface area contributed by atoms with Crippen LogP contribution in [0.5, 0.6) is 0 Å². The topological polar surface area (TPSA) is 20.5 Å². The molecule has 8 aromatic rings. The summed E-state index contributed by atoms with van der Waals surface area (Å²) >= 11 is 0. The normalized spacial score (nSPS) is 19.1. The second-order valence-corrected chi connectivity index (χ2v) is 15.5. The van der Waals surface area contributed by atoms with Crippen molar-refractivity contribution < 1.29 is 0 Å². The lowest BCUT2D eigenvalue weighted by atomic mass is 9.67. The number of benzene rings is 7. The van der Waals surface area contributed by atoms with Crippen molar-refractivity contribution in [1.29, 1.82) is 0 Å². The van der Waals surface area contributed by atoms with Crippen LogP contribution in [0.1, 0.15) is 52.6 Å². The van der Waals surface area contributed by atoms with E-state index in [0.29, 0.717) is 18.5 Å². The highest BCUT2D eigenvalue weighted by atomic mass is 15.3. The van der Waals surface area contributed by atoms with Crippen molar-refractivity contribution in [1.82, 2.24) is 4.57 Å². The molecule has 0 saturated carbocycles. The van der Waals surface area contributed by atoms with Gasteiger partial charge in [-0.25, -0.2) is 0 Å². The molecular formula is C52H41N3. The van der Waals surface area contributed by atoms with Crippen LogP contribution < -0.4 is 4.90 Å². The molecule has 264 valence electrons. The number of rotatable bonds is 6. The van der Waals surface area contributed by atoms with Gasteiger partial charge in [-0.05, 0) is 75.5 Å². The van der Waals surface area contributed by atoms with Crippen LogP contribution in [0, 0.1) is 5.92 Å². The number of hydrogen-bond acceptors (Lipinski definition) is 2. The smallest absolute Gasteiger partial charge is 0.110 e. The van der Waals surface area contributed by atoms with E-state index in [1.807, 2.05) is 0 Å². The van der Waals surface area contributed by atoms with Gasteiger partial charge in [0, 0.05) is 34.2 Å². The number of aliphatic imine (C=N–C) groups is 1. The molecule has 3 unspecified atom stereocenters. The lowest BCUT2D eigenvalue weighted by Gasteiger charge is -2.34. The molecule has 0 spiro atoms. The maximum absolute atomic E-state index is 5.23. The van der Waals surface area contributed by atoms with Gasteiger partial charge >= 0.3 is 0 Å². The summed E-state index contributed by atoms with van der Waals surface area (Å²) in [6.07, 6.45) is 8.01. The Morgan fingerprint density at radius 3 is 1.95 bits per heavy atom. The van der Waals surface area contributed by atoms with Gasteiger partial charge in [-0.1, -0.05) is 165 Å². The van der Waals surface area contributed by atoms with Gasteiger partial charge < -0.3 is 9.47 Å². The van der Waals surface area contributed by atoms with Crippen LogP contribution in [-0.4, -0.2) is 23.5 Å². The molecule has 0 radical (unpaired) electrons. The molecule has 0 amide bonds. The molecule has 2 aliphatic carbocycles. The zero-order valence-corrected chi connectivity index (χ0v) is 30.9. The number of fused-ring (bicyclic) bond motifs is 10. The SMILES string of the molecule is CC1CC=CC2C1c1ccc3c(c1N2C/N=C/c1ccc(-n2c4ccccc4c4ccccc42)cc1)-c1ccccc1C3(c1ccccc1)c1ccccc1. The van der Waals surface area contributed by atoms with Crippen molar-refractivity contribution in [2.45, 2.75) is 30.7 Å². The monoisotopic (exact) mass is 707 g/mol. The van der Waals surface area contributed by atoms with Crippen LogP contribution in [0.25, 0.3) is 38.6 Å². The van der Waals surface area contributed by atoms with E-state index in [0.717, 1.165) is 17.7 Å². The van der Waals surface area contributed by atoms with E-state index in [4.69, 9.17) is 4.99 Å². The van der Waals surface area contributed by atoms with Crippen LogP contribution in [0.15, 0.2) is 187 Å². The van der Waals surface area contributed by atoms with E-state index in [-0.39, 0.29) is 6.04 Å². The molecule has 1 aliphatic heterocycles. The van der Waals surface area contributed by atoms with Gasteiger partial charge in [0.1, 0.15) is 6.67 Å². The summed E-state index contributed by atoms with van der Waals surface area (Å²) in [5, 5.41) is 2.55. The molecule has 2 heterocycles. The number of para-hydroxylation sites is 2. The van der Waals surface area contributed by atoms with E-state index < -0.39 is 5.41 Å². The summed E-state index contributed by atoms with van der Waals surface area (Å²) in [6.45, 7) is 3.01. The molecule has 3 nitrogen and oxygen atoms in total. The number of allylic oxidation sites excluding steroid dienone is 1. The van der Waals surface area contributed by atoms with Gasteiger partial charge in [0.25, 0.3) is 0 Å². The summed E-state index contributed by atoms with van der Waals surface area (Å²) < 4.78 is 2.37. The fourth-order valence-corrected chi connectivity index (χ4v) is 10.4. The molecule has 7 aromatic carbocycles. The third-order valence-corrected chi connectivity index (χ3v) is 12.7. The standard InChI is InChI=1S/C52H41N3/c1-35-15-14-26-48-49(35)43-31-32-45-50(42-22-8-11-23-44(42)52(45,37-16-4-2-5-17-37)38-18-6-3-7-19-38)51(43)54(48)34-53-33-36-27-29-39(30-28-36)55-46-24-12-9-20-40(46)41-21-10-13-25-47(41)55/h2-14,16-33,35,48-49H,15,34H2,1H3/b53-33+. The van der Waals surface area contributed by atoms with Crippen LogP contribution in [0.3, 0.4) is 0 Å². The summed E-state index contributed by atoms with van der Waals surface area (Å²) in [5.74, 6) is 0.959. The number of anilines is 1. The fraction of sp³-hybridized carbons (Fsp3) is 0.135. The van der Waals surface area contributed by atoms with Crippen LogP contribution in [-0.2, 0) is 5.41 Å². The molecule has 0 N–H and O–H groups in total. The zero-order chi connectivity index (χ0) is 36.5.